The lowest BCUT2D eigenvalue weighted by Gasteiger charge is -2.18. The Kier molecular flexibility index (Phi) is 2.52. The minimum atomic E-state index is -0.498. The summed E-state index contributed by atoms with van der Waals surface area (Å²) in [5.41, 5.74) is 0.715. The second kappa shape index (κ2) is 3.67. The van der Waals surface area contributed by atoms with Gasteiger partial charge < -0.3 is 5.11 Å². The molecule has 1 unspecified atom stereocenters. The van der Waals surface area contributed by atoms with Crippen LogP contribution in [0.2, 0.25) is 0 Å². The molecule has 2 rings (SSSR count). The summed E-state index contributed by atoms with van der Waals surface area (Å²) in [7, 11) is 0. The highest BCUT2D eigenvalue weighted by molar-refractivity contribution is 5.08. The normalized spacial score (nSPS) is 28.1. The molecule has 3 nitrogen and oxygen atoms in total. The lowest BCUT2D eigenvalue weighted by molar-refractivity contribution is 0.0679. The van der Waals surface area contributed by atoms with Crippen LogP contribution in [0.15, 0.2) is 24.5 Å². The molecule has 1 fully saturated rings. The number of rotatable bonds is 2. The number of aromatic nitrogens is 1. The summed E-state index contributed by atoms with van der Waals surface area (Å²) >= 11 is 0. The van der Waals surface area contributed by atoms with Crippen molar-refractivity contribution in [1.82, 2.24) is 9.88 Å². The number of nitrogens with zero attached hydrogens (tertiary/aromatic N) is 2. The van der Waals surface area contributed by atoms with Crippen molar-refractivity contribution in [2.45, 2.75) is 25.5 Å². The predicted octanol–water partition coefficient (Wildman–Crippen LogP) is 1.04. The van der Waals surface area contributed by atoms with Gasteiger partial charge in [0.25, 0.3) is 0 Å². The molecular formula is C11H16N2O. The van der Waals surface area contributed by atoms with Crippen molar-refractivity contribution in [1.29, 1.82) is 0 Å². The van der Waals surface area contributed by atoms with Crippen LogP contribution in [-0.2, 0) is 6.54 Å². The number of likely N-dealkylation sites (tertiary alicyclic amines) is 1. The second-order valence-electron chi connectivity index (χ2n) is 4.32. The standard InChI is InChI=1S/C11H16N2O/c1-11(14)4-6-13(9-11)8-10-3-2-5-12-7-10/h2-3,5,7,14H,4,6,8-9H2,1H3. The van der Waals surface area contributed by atoms with Crippen LogP contribution in [0.1, 0.15) is 18.9 Å². The zero-order valence-electron chi connectivity index (χ0n) is 8.48. The lowest BCUT2D eigenvalue weighted by Crippen LogP contribution is -2.29. The first-order chi connectivity index (χ1) is 6.66. The van der Waals surface area contributed by atoms with Gasteiger partial charge in [0.15, 0.2) is 0 Å². The Bertz CT molecular complexity index is 297. The average molecular weight is 192 g/mol. The van der Waals surface area contributed by atoms with Gasteiger partial charge in [0, 0.05) is 32.0 Å². The second-order valence-corrected chi connectivity index (χ2v) is 4.32. The van der Waals surface area contributed by atoms with Gasteiger partial charge in [0.2, 0.25) is 0 Å². The average Bonchev–Trinajstić information content (AvgIpc) is 2.47. The molecule has 0 amide bonds. The number of β-amino-alcohol motifs (C(OH)–C–C–N with tert-alkyl or cyclic N) is 1. The molecule has 1 aromatic rings. The molecule has 0 aromatic carbocycles. The van der Waals surface area contributed by atoms with Crippen molar-refractivity contribution in [3.8, 4) is 0 Å². The zero-order valence-corrected chi connectivity index (χ0v) is 8.48. The van der Waals surface area contributed by atoms with E-state index in [1.807, 2.05) is 19.2 Å². The van der Waals surface area contributed by atoms with Gasteiger partial charge in [-0.15, -0.1) is 0 Å². The Labute approximate surface area is 84.4 Å². The molecule has 2 heterocycles. The molecule has 0 spiro atoms. The molecule has 1 aliphatic heterocycles. The van der Waals surface area contributed by atoms with Gasteiger partial charge in [-0.3, -0.25) is 9.88 Å². The SMILES string of the molecule is CC1(O)CCN(Cc2cccnc2)C1. The molecular weight excluding hydrogens is 176 g/mol. The minimum absolute atomic E-state index is 0.498. The van der Waals surface area contributed by atoms with Crippen molar-refractivity contribution < 1.29 is 5.11 Å². The van der Waals surface area contributed by atoms with Crippen LogP contribution in [0.5, 0.6) is 0 Å². The zero-order chi connectivity index (χ0) is 10.0. The first kappa shape index (κ1) is 9.62. The van der Waals surface area contributed by atoms with Crippen molar-refractivity contribution in [3.63, 3.8) is 0 Å². The van der Waals surface area contributed by atoms with Crippen molar-refractivity contribution in [2.24, 2.45) is 0 Å². The fourth-order valence-electron chi connectivity index (χ4n) is 1.92. The largest absolute Gasteiger partial charge is 0.389 e. The molecule has 0 radical (unpaired) electrons. The van der Waals surface area contributed by atoms with E-state index >= 15 is 0 Å². The fraction of sp³-hybridized carbons (Fsp3) is 0.545. The summed E-state index contributed by atoms with van der Waals surface area (Å²) in [6.45, 7) is 4.53. The van der Waals surface area contributed by atoms with E-state index in [9.17, 15) is 5.11 Å². The van der Waals surface area contributed by atoms with E-state index in [0.717, 1.165) is 26.1 Å². The molecule has 0 saturated carbocycles. The van der Waals surface area contributed by atoms with Gasteiger partial charge in [-0.05, 0) is 25.0 Å². The predicted molar refractivity (Wildman–Crippen MR) is 54.8 cm³/mol. The van der Waals surface area contributed by atoms with Crippen LogP contribution < -0.4 is 0 Å². The van der Waals surface area contributed by atoms with Crippen molar-refractivity contribution >= 4 is 0 Å². The van der Waals surface area contributed by atoms with Gasteiger partial charge >= 0.3 is 0 Å². The molecule has 76 valence electrons. The Morgan fingerprint density at radius 1 is 1.64 bits per heavy atom. The van der Waals surface area contributed by atoms with Gasteiger partial charge in [0.05, 0.1) is 5.60 Å². The van der Waals surface area contributed by atoms with Gasteiger partial charge in [-0.25, -0.2) is 0 Å². The highest BCUT2D eigenvalue weighted by atomic mass is 16.3. The van der Waals surface area contributed by atoms with Gasteiger partial charge in [-0.2, -0.15) is 0 Å². The number of pyridine rings is 1. The maximum atomic E-state index is 9.79. The van der Waals surface area contributed by atoms with Crippen LogP contribution in [0.3, 0.4) is 0 Å². The summed E-state index contributed by atoms with van der Waals surface area (Å²) in [5, 5.41) is 9.79. The number of hydrogen-bond acceptors (Lipinski definition) is 3. The summed E-state index contributed by atoms with van der Waals surface area (Å²) in [6, 6.07) is 4.02. The molecule has 1 aliphatic rings. The Hall–Kier alpha value is -0.930. The lowest BCUT2D eigenvalue weighted by atomic mass is 10.1. The molecule has 1 aromatic heterocycles. The monoisotopic (exact) mass is 192 g/mol. The third kappa shape index (κ3) is 2.30. The highest BCUT2D eigenvalue weighted by Gasteiger charge is 2.30. The maximum absolute atomic E-state index is 9.79. The number of aliphatic hydroxyl groups is 1. The van der Waals surface area contributed by atoms with Gasteiger partial charge in [-0.1, -0.05) is 6.07 Å². The third-order valence-corrected chi connectivity index (χ3v) is 2.66. The highest BCUT2D eigenvalue weighted by Crippen LogP contribution is 2.21. The molecule has 14 heavy (non-hydrogen) atoms. The van der Waals surface area contributed by atoms with E-state index in [0.29, 0.717) is 0 Å². The topological polar surface area (TPSA) is 36.4 Å². The molecule has 1 atom stereocenters. The molecule has 0 bridgehead atoms. The fourth-order valence-corrected chi connectivity index (χ4v) is 1.92. The quantitative estimate of drug-likeness (QED) is 0.760. The third-order valence-electron chi connectivity index (χ3n) is 2.66. The summed E-state index contributed by atoms with van der Waals surface area (Å²) < 4.78 is 0. The Morgan fingerprint density at radius 2 is 2.50 bits per heavy atom. The van der Waals surface area contributed by atoms with E-state index in [2.05, 4.69) is 16.0 Å². The van der Waals surface area contributed by atoms with E-state index in [-0.39, 0.29) is 0 Å². The van der Waals surface area contributed by atoms with Crippen LogP contribution in [0.25, 0.3) is 0 Å². The molecule has 3 heteroatoms. The molecule has 1 saturated heterocycles. The van der Waals surface area contributed by atoms with Gasteiger partial charge in [0.1, 0.15) is 0 Å². The molecule has 0 aliphatic carbocycles. The van der Waals surface area contributed by atoms with E-state index in [1.54, 1.807) is 6.20 Å². The van der Waals surface area contributed by atoms with Crippen LogP contribution >= 0.6 is 0 Å². The minimum Gasteiger partial charge on any atom is -0.389 e. The first-order valence-corrected chi connectivity index (χ1v) is 4.99. The summed E-state index contributed by atoms with van der Waals surface area (Å²) in [6.07, 6.45) is 4.53. The van der Waals surface area contributed by atoms with E-state index < -0.39 is 5.60 Å². The van der Waals surface area contributed by atoms with Crippen LogP contribution in [0.4, 0.5) is 0 Å². The molecule has 1 N–H and O–H groups in total. The first-order valence-electron chi connectivity index (χ1n) is 4.99. The van der Waals surface area contributed by atoms with Crippen molar-refractivity contribution in [2.75, 3.05) is 13.1 Å². The van der Waals surface area contributed by atoms with Crippen LogP contribution in [-0.4, -0.2) is 33.7 Å². The smallest absolute Gasteiger partial charge is 0.0758 e. The summed E-state index contributed by atoms with van der Waals surface area (Å²) in [4.78, 5) is 6.33. The Balaban J connectivity index is 1.94. The maximum Gasteiger partial charge on any atom is 0.0758 e. The van der Waals surface area contributed by atoms with Crippen molar-refractivity contribution in [3.05, 3.63) is 30.1 Å². The summed E-state index contributed by atoms with van der Waals surface area (Å²) in [5.74, 6) is 0. The Morgan fingerprint density at radius 3 is 3.07 bits per heavy atom. The van der Waals surface area contributed by atoms with Crippen LogP contribution in [0, 0.1) is 0 Å². The van der Waals surface area contributed by atoms with E-state index in [1.165, 1.54) is 5.56 Å². The number of hydrogen-bond donors (Lipinski definition) is 1. The van der Waals surface area contributed by atoms with E-state index in [4.69, 9.17) is 0 Å².